The van der Waals surface area contributed by atoms with Crippen molar-refractivity contribution < 1.29 is 22.9 Å². The smallest absolute Gasteiger partial charge is 0.273 e. The van der Waals surface area contributed by atoms with Gasteiger partial charge in [0.2, 0.25) is 5.91 Å². The summed E-state index contributed by atoms with van der Waals surface area (Å²) in [4.78, 5) is 22.8. The second-order valence-electron chi connectivity index (χ2n) is 7.11. The molecule has 0 saturated heterocycles. The number of sulfonamides is 1. The Labute approximate surface area is 175 Å². The van der Waals surface area contributed by atoms with Crippen LogP contribution in [-0.4, -0.2) is 39.4 Å². The van der Waals surface area contributed by atoms with Crippen LogP contribution >= 0.6 is 0 Å². The number of nitrogens with one attached hydrogen (secondary N) is 1. The van der Waals surface area contributed by atoms with Crippen LogP contribution < -0.4 is 14.4 Å². The Hall–Kier alpha value is -3.14. The van der Waals surface area contributed by atoms with E-state index in [4.69, 9.17) is 4.74 Å². The highest BCUT2D eigenvalue weighted by molar-refractivity contribution is 7.92. The second kappa shape index (κ2) is 9.57. The number of nitro groups is 1. The molecule has 0 aliphatic rings. The van der Waals surface area contributed by atoms with Gasteiger partial charge in [0.25, 0.3) is 15.7 Å². The van der Waals surface area contributed by atoms with Crippen molar-refractivity contribution in [1.29, 1.82) is 0 Å². The molecule has 30 heavy (non-hydrogen) atoms. The molecular weight excluding hydrogens is 410 g/mol. The maximum atomic E-state index is 13.3. The number of hydrogen-bond donors (Lipinski definition) is 1. The number of amides is 1. The van der Waals surface area contributed by atoms with Crippen molar-refractivity contribution in [2.45, 2.75) is 25.7 Å². The summed E-state index contributed by atoms with van der Waals surface area (Å²) < 4.78 is 32.7. The number of hydrogen-bond acceptors (Lipinski definition) is 6. The van der Waals surface area contributed by atoms with Gasteiger partial charge >= 0.3 is 0 Å². The first kappa shape index (κ1) is 23.1. The van der Waals surface area contributed by atoms with Crippen LogP contribution in [0.1, 0.15) is 19.4 Å². The van der Waals surface area contributed by atoms with E-state index in [1.807, 2.05) is 13.8 Å². The van der Waals surface area contributed by atoms with Crippen molar-refractivity contribution in [3.8, 4) is 5.75 Å². The minimum atomic E-state index is -4.25. The van der Waals surface area contributed by atoms with Crippen LogP contribution in [0.5, 0.6) is 5.75 Å². The zero-order valence-electron chi connectivity index (χ0n) is 17.3. The van der Waals surface area contributed by atoms with Crippen LogP contribution in [0.3, 0.4) is 0 Å². The molecule has 0 aliphatic carbocycles. The minimum absolute atomic E-state index is 0.194. The molecule has 0 atom stereocenters. The zero-order valence-corrected chi connectivity index (χ0v) is 18.1. The topological polar surface area (TPSA) is 119 Å². The minimum Gasteiger partial charge on any atom is -0.497 e. The standard InChI is InChI=1S/C20H25N3O6S/c1-14(2)12-21-20(24)13-22(16-6-8-17(29-4)9-7-16)30(27,28)18-10-5-15(3)19(11-18)23(25)26/h5-11,14H,12-13H2,1-4H3,(H,21,24). The molecule has 0 aromatic heterocycles. The molecule has 0 saturated carbocycles. The van der Waals surface area contributed by atoms with E-state index in [0.717, 1.165) is 10.4 Å². The van der Waals surface area contributed by atoms with Crippen molar-refractivity contribution in [1.82, 2.24) is 5.32 Å². The number of ether oxygens (including phenoxy) is 1. The van der Waals surface area contributed by atoms with Gasteiger partial charge in [-0.25, -0.2) is 8.42 Å². The number of nitro benzene ring substituents is 1. The van der Waals surface area contributed by atoms with Crippen molar-refractivity contribution in [3.63, 3.8) is 0 Å². The Morgan fingerprint density at radius 1 is 1.20 bits per heavy atom. The zero-order chi connectivity index (χ0) is 22.5. The van der Waals surface area contributed by atoms with Gasteiger partial charge in [-0.1, -0.05) is 19.9 Å². The molecule has 0 bridgehead atoms. The fourth-order valence-corrected chi connectivity index (χ4v) is 4.08. The van der Waals surface area contributed by atoms with E-state index in [1.165, 1.54) is 38.3 Å². The Morgan fingerprint density at radius 3 is 2.37 bits per heavy atom. The highest BCUT2D eigenvalue weighted by atomic mass is 32.2. The first-order valence-corrected chi connectivity index (χ1v) is 10.7. The largest absolute Gasteiger partial charge is 0.497 e. The summed E-state index contributed by atoms with van der Waals surface area (Å²) in [5.41, 5.74) is 0.262. The van der Waals surface area contributed by atoms with Gasteiger partial charge in [0, 0.05) is 18.2 Å². The third kappa shape index (κ3) is 5.47. The fourth-order valence-electron chi connectivity index (χ4n) is 2.64. The maximum absolute atomic E-state index is 13.3. The van der Waals surface area contributed by atoms with Crippen molar-refractivity contribution in [3.05, 3.63) is 58.1 Å². The number of benzene rings is 2. The van der Waals surface area contributed by atoms with E-state index in [2.05, 4.69) is 5.32 Å². The Bertz CT molecular complexity index is 1020. The molecule has 1 amide bonds. The number of rotatable bonds is 9. The normalized spacial score (nSPS) is 11.2. The number of carbonyl (C=O) groups excluding carboxylic acids is 1. The fraction of sp³-hybridized carbons (Fsp3) is 0.350. The molecule has 1 N–H and O–H groups in total. The predicted molar refractivity (Wildman–Crippen MR) is 113 cm³/mol. The van der Waals surface area contributed by atoms with Crippen molar-refractivity contribution in [2.24, 2.45) is 5.92 Å². The highest BCUT2D eigenvalue weighted by Crippen LogP contribution is 2.28. The molecule has 0 aliphatic heterocycles. The lowest BCUT2D eigenvalue weighted by molar-refractivity contribution is -0.385. The SMILES string of the molecule is COc1ccc(N(CC(=O)NCC(C)C)S(=O)(=O)c2ccc(C)c([N+](=O)[O-])c2)cc1. The summed E-state index contributed by atoms with van der Waals surface area (Å²) in [7, 11) is -2.77. The van der Waals surface area contributed by atoms with E-state index in [0.29, 0.717) is 17.9 Å². The summed E-state index contributed by atoms with van der Waals surface area (Å²) in [6.07, 6.45) is 0. The first-order chi connectivity index (χ1) is 14.1. The third-order valence-corrected chi connectivity index (χ3v) is 6.09. The molecule has 0 heterocycles. The number of methoxy groups -OCH3 is 1. The molecule has 2 rings (SSSR count). The van der Waals surface area contributed by atoms with Gasteiger partial charge in [-0.3, -0.25) is 19.2 Å². The molecule has 0 spiro atoms. The second-order valence-corrected chi connectivity index (χ2v) is 8.98. The van der Waals surface area contributed by atoms with E-state index in [-0.39, 0.29) is 22.2 Å². The summed E-state index contributed by atoms with van der Waals surface area (Å²) in [5, 5.41) is 13.9. The summed E-state index contributed by atoms with van der Waals surface area (Å²) >= 11 is 0. The lowest BCUT2D eigenvalue weighted by Crippen LogP contribution is -2.41. The van der Waals surface area contributed by atoms with Gasteiger partial charge < -0.3 is 10.1 Å². The first-order valence-electron chi connectivity index (χ1n) is 9.24. The average molecular weight is 436 g/mol. The third-order valence-electron chi connectivity index (χ3n) is 4.32. The lowest BCUT2D eigenvalue weighted by atomic mass is 10.2. The van der Waals surface area contributed by atoms with Crippen LogP contribution in [0, 0.1) is 23.0 Å². The van der Waals surface area contributed by atoms with E-state index < -0.39 is 27.4 Å². The monoisotopic (exact) mass is 435 g/mol. The number of nitrogens with zero attached hydrogens (tertiary/aromatic N) is 2. The molecule has 0 unspecified atom stereocenters. The van der Waals surface area contributed by atoms with Crippen LogP contribution in [-0.2, 0) is 14.8 Å². The number of carbonyl (C=O) groups is 1. The predicted octanol–water partition coefficient (Wildman–Crippen LogP) is 2.88. The Morgan fingerprint density at radius 2 is 1.83 bits per heavy atom. The van der Waals surface area contributed by atoms with Crippen LogP contribution in [0.2, 0.25) is 0 Å². The molecule has 0 radical (unpaired) electrons. The average Bonchev–Trinajstić information content (AvgIpc) is 2.70. The number of anilines is 1. The van der Waals surface area contributed by atoms with Gasteiger partial charge in [0.05, 0.1) is 22.6 Å². The van der Waals surface area contributed by atoms with Crippen molar-refractivity contribution in [2.75, 3.05) is 24.5 Å². The maximum Gasteiger partial charge on any atom is 0.273 e. The molecule has 2 aromatic rings. The summed E-state index contributed by atoms with van der Waals surface area (Å²) in [6, 6.07) is 9.83. The van der Waals surface area contributed by atoms with Crippen molar-refractivity contribution >= 4 is 27.3 Å². The molecule has 2 aromatic carbocycles. The molecular formula is C20H25N3O6S. The summed E-state index contributed by atoms with van der Waals surface area (Å²) in [5.74, 6) is 0.232. The van der Waals surface area contributed by atoms with Gasteiger partial charge in [-0.05, 0) is 43.2 Å². The molecule has 10 heteroatoms. The lowest BCUT2D eigenvalue weighted by Gasteiger charge is -2.24. The van der Waals surface area contributed by atoms with Crippen LogP contribution in [0.15, 0.2) is 47.4 Å². The molecule has 162 valence electrons. The summed E-state index contributed by atoms with van der Waals surface area (Å²) in [6.45, 7) is 5.29. The molecule has 0 fully saturated rings. The van der Waals surface area contributed by atoms with Crippen LogP contribution in [0.25, 0.3) is 0 Å². The molecule has 9 nitrogen and oxygen atoms in total. The van der Waals surface area contributed by atoms with Gasteiger partial charge in [-0.2, -0.15) is 0 Å². The highest BCUT2D eigenvalue weighted by Gasteiger charge is 2.29. The van der Waals surface area contributed by atoms with Gasteiger partial charge in [0.1, 0.15) is 12.3 Å². The van der Waals surface area contributed by atoms with Crippen LogP contribution in [0.4, 0.5) is 11.4 Å². The van der Waals surface area contributed by atoms with E-state index in [9.17, 15) is 23.3 Å². The van der Waals surface area contributed by atoms with Gasteiger partial charge in [-0.15, -0.1) is 0 Å². The number of aryl methyl sites for hydroxylation is 1. The van der Waals surface area contributed by atoms with E-state index in [1.54, 1.807) is 12.1 Å². The quantitative estimate of drug-likeness (QED) is 0.478. The van der Waals surface area contributed by atoms with E-state index >= 15 is 0 Å². The Kier molecular flexibility index (Phi) is 7.38. The van der Waals surface area contributed by atoms with Gasteiger partial charge in [0.15, 0.2) is 0 Å². The Balaban J connectivity index is 2.49.